The van der Waals surface area contributed by atoms with Gasteiger partial charge in [0.1, 0.15) is 23.5 Å². The quantitative estimate of drug-likeness (QED) is 0.341. The molecule has 188 valence electrons. The van der Waals surface area contributed by atoms with E-state index in [4.69, 9.17) is 10.3 Å². The van der Waals surface area contributed by atoms with Crippen LogP contribution in [-0.2, 0) is 7.05 Å². The molecule has 1 fully saturated rings. The summed E-state index contributed by atoms with van der Waals surface area (Å²) >= 11 is 0. The molecule has 0 unspecified atom stereocenters. The lowest BCUT2D eigenvalue weighted by Gasteiger charge is -2.24. The number of benzene rings is 1. The first-order valence-corrected chi connectivity index (χ1v) is 12.3. The maximum Gasteiger partial charge on any atom is 0.265 e. The topological polar surface area (TPSA) is 143 Å². The second kappa shape index (κ2) is 8.84. The van der Waals surface area contributed by atoms with Crippen molar-refractivity contribution < 1.29 is 4.52 Å². The maximum absolute atomic E-state index is 14.1. The van der Waals surface area contributed by atoms with Crippen molar-refractivity contribution in [1.29, 1.82) is 0 Å². The lowest BCUT2D eigenvalue weighted by Crippen LogP contribution is -2.27. The van der Waals surface area contributed by atoms with Gasteiger partial charge in [0.2, 0.25) is 0 Å². The number of anilines is 2. The molecule has 37 heavy (non-hydrogen) atoms. The predicted molar refractivity (Wildman–Crippen MR) is 140 cm³/mol. The number of nitrogen functional groups attached to an aromatic ring is 1. The molecule has 11 nitrogen and oxygen atoms in total. The summed E-state index contributed by atoms with van der Waals surface area (Å²) < 4.78 is 9.07. The van der Waals surface area contributed by atoms with Crippen LogP contribution in [0.1, 0.15) is 49.8 Å². The van der Waals surface area contributed by atoms with Crippen molar-refractivity contribution in [2.24, 2.45) is 7.05 Å². The number of aryl methyl sites for hydroxylation is 2. The number of aromatic nitrogens is 7. The molecule has 5 aromatic rings. The molecule has 1 atom stereocenters. The highest BCUT2D eigenvalue weighted by atomic mass is 16.5. The third-order valence-electron chi connectivity index (χ3n) is 6.73. The SMILES string of the molecule is CC[C@H](Nc1ncnc(N)c1-c1nc(C)no1)c1cc2cccc(-c3cnn(C)c3)c2c(=O)n1C1CC1. The van der Waals surface area contributed by atoms with Gasteiger partial charge in [-0.1, -0.05) is 30.3 Å². The van der Waals surface area contributed by atoms with Crippen LogP contribution in [0.5, 0.6) is 0 Å². The summed E-state index contributed by atoms with van der Waals surface area (Å²) in [5.74, 6) is 1.43. The van der Waals surface area contributed by atoms with E-state index in [1.165, 1.54) is 6.33 Å². The van der Waals surface area contributed by atoms with Crippen molar-refractivity contribution in [2.75, 3.05) is 11.1 Å². The van der Waals surface area contributed by atoms with Gasteiger partial charge in [0.05, 0.1) is 17.6 Å². The summed E-state index contributed by atoms with van der Waals surface area (Å²) in [6.07, 6.45) is 7.76. The molecule has 1 aliphatic carbocycles. The van der Waals surface area contributed by atoms with Crippen LogP contribution in [0.15, 0.2) is 52.3 Å². The van der Waals surface area contributed by atoms with E-state index in [0.717, 1.165) is 35.0 Å². The Morgan fingerprint density at radius 3 is 2.78 bits per heavy atom. The standard InChI is InChI=1S/C26H27N9O2/c1-4-19(32-24-22(23(27)28-13-29-24)25-31-14(2)33-37-25)20-10-15-6-5-7-18(16-11-30-34(3)12-16)21(15)26(36)35(20)17-8-9-17/h5-7,10-13,17,19H,4,8-9H2,1-3H3,(H3,27,28,29,32)/t19-/m0/s1. The van der Waals surface area contributed by atoms with Crippen LogP contribution in [0.2, 0.25) is 0 Å². The van der Waals surface area contributed by atoms with E-state index < -0.39 is 0 Å². The van der Waals surface area contributed by atoms with Crippen LogP contribution >= 0.6 is 0 Å². The molecule has 0 radical (unpaired) electrons. The van der Waals surface area contributed by atoms with Crippen molar-refractivity contribution in [3.63, 3.8) is 0 Å². The van der Waals surface area contributed by atoms with Gasteiger partial charge in [0.15, 0.2) is 5.82 Å². The first kappa shape index (κ1) is 22.9. The van der Waals surface area contributed by atoms with Crippen LogP contribution in [0.3, 0.4) is 0 Å². The summed E-state index contributed by atoms with van der Waals surface area (Å²) in [7, 11) is 1.87. The Hall–Kier alpha value is -4.54. The molecule has 0 amide bonds. The fraction of sp³-hybridized carbons (Fsp3) is 0.308. The monoisotopic (exact) mass is 497 g/mol. The van der Waals surface area contributed by atoms with Crippen LogP contribution in [0, 0.1) is 6.92 Å². The molecule has 1 aliphatic rings. The zero-order chi connectivity index (χ0) is 25.7. The van der Waals surface area contributed by atoms with Crippen molar-refractivity contribution in [3.8, 4) is 22.6 Å². The minimum absolute atomic E-state index is 0.00431. The van der Waals surface area contributed by atoms with Crippen LogP contribution in [0.25, 0.3) is 33.4 Å². The third-order valence-corrected chi connectivity index (χ3v) is 6.73. The van der Waals surface area contributed by atoms with E-state index in [-0.39, 0.29) is 29.4 Å². The average molecular weight is 498 g/mol. The number of fused-ring (bicyclic) bond motifs is 1. The van der Waals surface area contributed by atoms with Gasteiger partial charge in [-0.2, -0.15) is 10.1 Å². The molecule has 0 bridgehead atoms. The van der Waals surface area contributed by atoms with E-state index in [1.807, 2.05) is 36.0 Å². The van der Waals surface area contributed by atoms with Gasteiger partial charge in [-0.3, -0.25) is 9.48 Å². The van der Waals surface area contributed by atoms with E-state index in [0.29, 0.717) is 29.0 Å². The molecule has 4 aromatic heterocycles. The van der Waals surface area contributed by atoms with Crippen molar-refractivity contribution in [1.82, 2.24) is 34.5 Å². The Labute approximate surface area is 212 Å². The maximum atomic E-state index is 14.1. The molecular formula is C26H27N9O2. The van der Waals surface area contributed by atoms with Gasteiger partial charge in [-0.25, -0.2) is 9.97 Å². The highest BCUT2D eigenvalue weighted by Gasteiger charge is 2.31. The number of hydrogen-bond donors (Lipinski definition) is 2. The van der Waals surface area contributed by atoms with Gasteiger partial charge < -0.3 is 20.1 Å². The molecule has 1 aromatic carbocycles. The Balaban J connectivity index is 1.50. The van der Waals surface area contributed by atoms with E-state index in [9.17, 15) is 4.79 Å². The minimum Gasteiger partial charge on any atom is -0.383 e. The van der Waals surface area contributed by atoms with E-state index >= 15 is 0 Å². The van der Waals surface area contributed by atoms with Crippen molar-refractivity contribution >= 4 is 22.4 Å². The normalized spacial score (nSPS) is 14.2. The van der Waals surface area contributed by atoms with Gasteiger partial charge in [-0.05, 0) is 43.2 Å². The Morgan fingerprint density at radius 1 is 1.27 bits per heavy atom. The number of pyridine rings is 1. The zero-order valence-electron chi connectivity index (χ0n) is 20.8. The molecule has 0 aliphatic heterocycles. The fourth-order valence-corrected chi connectivity index (χ4v) is 4.84. The second-order valence-corrected chi connectivity index (χ2v) is 9.38. The first-order valence-electron chi connectivity index (χ1n) is 12.3. The van der Waals surface area contributed by atoms with E-state index in [1.54, 1.807) is 17.8 Å². The van der Waals surface area contributed by atoms with Crippen LogP contribution < -0.4 is 16.6 Å². The summed E-state index contributed by atoms with van der Waals surface area (Å²) in [6, 6.07) is 7.99. The van der Waals surface area contributed by atoms with Crippen LogP contribution in [-0.4, -0.2) is 34.5 Å². The molecule has 0 saturated heterocycles. The number of rotatable bonds is 7. The lowest BCUT2D eigenvalue weighted by atomic mass is 9.99. The smallest absolute Gasteiger partial charge is 0.265 e. The first-order chi connectivity index (χ1) is 17.9. The van der Waals surface area contributed by atoms with Crippen molar-refractivity contribution in [3.05, 3.63) is 64.9 Å². The van der Waals surface area contributed by atoms with Gasteiger partial charge in [0, 0.05) is 30.5 Å². The second-order valence-electron chi connectivity index (χ2n) is 9.38. The Bertz CT molecular complexity index is 1680. The molecule has 0 spiro atoms. The molecule has 1 saturated carbocycles. The van der Waals surface area contributed by atoms with Crippen LogP contribution in [0.4, 0.5) is 11.6 Å². The number of hydrogen-bond acceptors (Lipinski definition) is 9. The number of nitrogens with two attached hydrogens (primary N) is 1. The van der Waals surface area contributed by atoms with Gasteiger partial charge >= 0.3 is 0 Å². The largest absolute Gasteiger partial charge is 0.383 e. The Kier molecular flexibility index (Phi) is 5.47. The average Bonchev–Trinajstić information content (AvgIpc) is 3.48. The summed E-state index contributed by atoms with van der Waals surface area (Å²) in [6.45, 7) is 3.80. The zero-order valence-corrected chi connectivity index (χ0v) is 20.8. The Morgan fingerprint density at radius 2 is 2.11 bits per heavy atom. The van der Waals surface area contributed by atoms with Gasteiger partial charge in [-0.15, -0.1) is 0 Å². The van der Waals surface area contributed by atoms with Crippen molar-refractivity contribution in [2.45, 2.75) is 45.2 Å². The number of nitrogens with zero attached hydrogens (tertiary/aromatic N) is 7. The molecule has 3 N–H and O–H groups in total. The number of nitrogens with one attached hydrogen (secondary N) is 1. The summed E-state index contributed by atoms with van der Waals surface area (Å²) in [5.41, 5.74) is 9.35. The molecule has 4 heterocycles. The highest BCUT2D eigenvalue weighted by molar-refractivity contribution is 5.96. The molecule has 11 heteroatoms. The van der Waals surface area contributed by atoms with Gasteiger partial charge in [0.25, 0.3) is 11.4 Å². The summed E-state index contributed by atoms with van der Waals surface area (Å²) in [5, 5.41) is 13.3. The molecular weight excluding hydrogens is 470 g/mol. The van der Waals surface area contributed by atoms with E-state index in [2.05, 4.69) is 43.5 Å². The fourth-order valence-electron chi connectivity index (χ4n) is 4.84. The lowest BCUT2D eigenvalue weighted by molar-refractivity contribution is 0.425. The minimum atomic E-state index is -0.225. The third kappa shape index (κ3) is 4.02. The predicted octanol–water partition coefficient (Wildman–Crippen LogP) is 4.03. The highest BCUT2D eigenvalue weighted by Crippen LogP contribution is 2.39. The molecule has 6 rings (SSSR count). The summed E-state index contributed by atoms with van der Waals surface area (Å²) in [4.78, 5) is 27.0.